The minimum Gasteiger partial charge on any atom is -0.481 e. The number of carboxylic acids is 1. The third-order valence-corrected chi connectivity index (χ3v) is 2.72. The molecule has 0 saturated carbocycles. The smallest absolute Gasteiger partial charge is 0.309 e. The lowest BCUT2D eigenvalue weighted by atomic mass is 10.1. The van der Waals surface area contributed by atoms with Crippen LogP contribution < -0.4 is 0 Å². The second-order valence-electron chi connectivity index (χ2n) is 4.04. The predicted molar refractivity (Wildman–Crippen MR) is 50.7 cm³/mol. The largest absolute Gasteiger partial charge is 0.481 e. The summed E-state index contributed by atoms with van der Waals surface area (Å²) in [6, 6.07) is 0.439. The molecule has 0 spiro atoms. The van der Waals surface area contributed by atoms with Crippen LogP contribution in [0.5, 0.6) is 0 Å². The highest BCUT2D eigenvalue weighted by atomic mass is 16.4. The summed E-state index contributed by atoms with van der Waals surface area (Å²) in [7, 11) is 3.96. The van der Waals surface area contributed by atoms with E-state index in [1.807, 2.05) is 14.1 Å². The SMILES string of the molecule is CC1CN(C)CC(C(=O)O)CN1C. The summed E-state index contributed by atoms with van der Waals surface area (Å²) in [5.41, 5.74) is 0. The van der Waals surface area contributed by atoms with Crippen molar-refractivity contribution in [2.24, 2.45) is 5.92 Å². The molecule has 76 valence electrons. The number of nitrogens with zero attached hydrogens (tertiary/aromatic N) is 2. The van der Waals surface area contributed by atoms with Crippen LogP contribution >= 0.6 is 0 Å². The Morgan fingerprint density at radius 3 is 2.46 bits per heavy atom. The molecule has 0 aromatic carbocycles. The van der Waals surface area contributed by atoms with Gasteiger partial charge in [-0.2, -0.15) is 0 Å². The van der Waals surface area contributed by atoms with Gasteiger partial charge in [-0.15, -0.1) is 0 Å². The highest BCUT2D eigenvalue weighted by Crippen LogP contribution is 2.11. The van der Waals surface area contributed by atoms with Crippen molar-refractivity contribution in [1.29, 1.82) is 0 Å². The molecule has 4 heteroatoms. The van der Waals surface area contributed by atoms with E-state index in [-0.39, 0.29) is 5.92 Å². The van der Waals surface area contributed by atoms with Crippen molar-refractivity contribution in [3.05, 3.63) is 0 Å². The van der Waals surface area contributed by atoms with Gasteiger partial charge in [0.1, 0.15) is 0 Å². The zero-order valence-electron chi connectivity index (χ0n) is 8.53. The van der Waals surface area contributed by atoms with E-state index < -0.39 is 5.97 Å². The van der Waals surface area contributed by atoms with E-state index in [0.717, 1.165) is 6.54 Å². The Morgan fingerprint density at radius 1 is 1.31 bits per heavy atom. The molecule has 0 aliphatic carbocycles. The van der Waals surface area contributed by atoms with E-state index >= 15 is 0 Å². The second-order valence-corrected chi connectivity index (χ2v) is 4.04. The van der Waals surface area contributed by atoms with Crippen LogP contribution in [0.3, 0.4) is 0 Å². The molecular formula is C9H18N2O2. The topological polar surface area (TPSA) is 43.8 Å². The average Bonchev–Trinajstić information content (AvgIpc) is 2.12. The van der Waals surface area contributed by atoms with Gasteiger partial charge in [0.05, 0.1) is 5.92 Å². The van der Waals surface area contributed by atoms with Gasteiger partial charge in [-0.1, -0.05) is 0 Å². The fraction of sp³-hybridized carbons (Fsp3) is 0.889. The van der Waals surface area contributed by atoms with Gasteiger partial charge in [0.15, 0.2) is 0 Å². The summed E-state index contributed by atoms with van der Waals surface area (Å²) in [6.45, 7) is 4.38. The zero-order valence-corrected chi connectivity index (χ0v) is 8.53. The van der Waals surface area contributed by atoms with Crippen molar-refractivity contribution >= 4 is 5.97 Å². The Balaban J connectivity index is 2.65. The monoisotopic (exact) mass is 186 g/mol. The molecule has 0 radical (unpaired) electrons. The van der Waals surface area contributed by atoms with E-state index in [0.29, 0.717) is 19.1 Å². The van der Waals surface area contributed by atoms with Crippen LogP contribution in [0, 0.1) is 5.92 Å². The van der Waals surface area contributed by atoms with Gasteiger partial charge in [0, 0.05) is 25.7 Å². The van der Waals surface area contributed by atoms with Crippen molar-refractivity contribution in [2.45, 2.75) is 13.0 Å². The molecule has 1 aliphatic heterocycles. The van der Waals surface area contributed by atoms with E-state index in [4.69, 9.17) is 5.11 Å². The number of carboxylic acid groups (broad SMARTS) is 1. The normalized spacial score (nSPS) is 32.8. The Labute approximate surface area is 79.1 Å². The maximum Gasteiger partial charge on any atom is 0.309 e. The first kappa shape index (κ1) is 10.5. The van der Waals surface area contributed by atoms with E-state index in [1.54, 1.807) is 0 Å². The van der Waals surface area contributed by atoms with Crippen molar-refractivity contribution in [2.75, 3.05) is 33.7 Å². The molecule has 0 amide bonds. The van der Waals surface area contributed by atoms with Crippen LogP contribution in [0.25, 0.3) is 0 Å². The van der Waals surface area contributed by atoms with E-state index in [2.05, 4.69) is 16.7 Å². The number of aliphatic carboxylic acids is 1. The van der Waals surface area contributed by atoms with Gasteiger partial charge >= 0.3 is 5.97 Å². The summed E-state index contributed by atoms with van der Waals surface area (Å²) in [5.74, 6) is -0.937. The standard InChI is InChI=1S/C9H18N2O2/c1-7-4-10(2)5-8(9(12)13)6-11(7)3/h7-8H,4-6H2,1-3H3,(H,12,13). The highest BCUT2D eigenvalue weighted by Gasteiger charge is 2.27. The lowest BCUT2D eigenvalue weighted by molar-refractivity contribution is -0.142. The molecule has 2 atom stereocenters. The number of hydrogen-bond acceptors (Lipinski definition) is 3. The maximum atomic E-state index is 10.9. The van der Waals surface area contributed by atoms with Crippen LogP contribution in [0.15, 0.2) is 0 Å². The van der Waals surface area contributed by atoms with Gasteiger partial charge in [0.2, 0.25) is 0 Å². The quantitative estimate of drug-likeness (QED) is 0.623. The Kier molecular flexibility index (Phi) is 3.27. The molecule has 0 aromatic heterocycles. The molecule has 1 saturated heterocycles. The first-order valence-corrected chi connectivity index (χ1v) is 4.62. The Hall–Kier alpha value is -0.610. The van der Waals surface area contributed by atoms with Crippen molar-refractivity contribution < 1.29 is 9.90 Å². The number of hydrogen-bond donors (Lipinski definition) is 1. The summed E-state index contributed by atoms with van der Waals surface area (Å²) in [4.78, 5) is 15.1. The van der Waals surface area contributed by atoms with Gasteiger partial charge in [0.25, 0.3) is 0 Å². The summed E-state index contributed by atoms with van der Waals surface area (Å²) >= 11 is 0. The molecular weight excluding hydrogens is 168 g/mol. The Bertz CT molecular complexity index is 196. The molecule has 0 bridgehead atoms. The molecule has 0 aromatic rings. The van der Waals surface area contributed by atoms with Crippen LogP contribution in [-0.4, -0.2) is 60.6 Å². The highest BCUT2D eigenvalue weighted by molar-refractivity contribution is 5.70. The molecule has 13 heavy (non-hydrogen) atoms. The third kappa shape index (κ3) is 2.67. The van der Waals surface area contributed by atoms with Crippen molar-refractivity contribution in [3.63, 3.8) is 0 Å². The maximum absolute atomic E-state index is 10.9. The Morgan fingerprint density at radius 2 is 1.92 bits per heavy atom. The van der Waals surface area contributed by atoms with Crippen LogP contribution in [-0.2, 0) is 4.79 Å². The fourth-order valence-electron chi connectivity index (χ4n) is 1.78. The third-order valence-electron chi connectivity index (χ3n) is 2.72. The van der Waals surface area contributed by atoms with Crippen LogP contribution in [0.4, 0.5) is 0 Å². The molecule has 1 N–H and O–H groups in total. The van der Waals surface area contributed by atoms with Crippen LogP contribution in [0.2, 0.25) is 0 Å². The van der Waals surface area contributed by atoms with Gasteiger partial charge in [-0.3, -0.25) is 4.79 Å². The predicted octanol–water partition coefficient (Wildman–Crippen LogP) is -0.0471. The molecule has 1 rings (SSSR count). The summed E-state index contributed by atoms with van der Waals surface area (Å²) in [5, 5.41) is 8.93. The molecule has 1 heterocycles. The zero-order chi connectivity index (χ0) is 10.0. The van der Waals surface area contributed by atoms with Crippen molar-refractivity contribution in [1.82, 2.24) is 9.80 Å². The van der Waals surface area contributed by atoms with E-state index in [9.17, 15) is 4.79 Å². The lowest BCUT2D eigenvalue weighted by Gasteiger charge is -2.23. The minimum absolute atomic E-state index is 0.250. The molecule has 4 nitrogen and oxygen atoms in total. The molecule has 1 fully saturated rings. The van der Waals surface area contributed by atoms with E-state index in [1.165, 1.54) is 0 Å². The van der Waals surface area contributed by atoms with Gasteiger partial charge in [-0.25, -0.2) is 0 Å². The van der Waals surface area contributed by atoms with Gasteiger partial charge < -0.3 is 14.9 Å². The average molecular weight is 186 g/mol. The minimum atomic E-state index is -0.687. The first-order valence-electron chi connectivity index (χ1n) is 4.62. The first-order chi connectivity index (χ1) is 6.00. The van der Waals surface area contributed by atoms with Crippen LogP contribution in [0.1, 0.15) is 6.92 Å². The fourth-order valence-corrected chi connectivity index (χ4v) is 1.78. The lowest BCUT2D eigenvalue weighted by Crippen LogP contribution is -2.35. The summed E-state index contributed by atoms with van der Waals surface area (Å²) in [6.07, 6.45) is 0. The number of carbonyl (C=O) groups is 1. The van der Waals surface area contributed by atoms with Crippen molar-refractivity contribution in [3.8, 4) is 0 Å². The molecule has 1 aliphatic rings. The molecule has 2 unspecified atom stereocenters. The number of likely N-dealkylation sites (N-methyl/N-ethyl adjacent to an activating group) is 2. The number of rotatable bonds is 1. The second kappa shape index (κ2) is 4.07. The van der Waals surface area contributed by atoms with Gasteiger partial charge in [-0.05, 0) is 21.0 Å². The summed E-state index contributed by atoms with van der Waals surface area (Å²) < 4.78 is 0.